The standard InChI is InChI=1S/C29H38FN7O5S/c1-27(2,3)36-16-18-15-19(7-8-21(18)43(36,40)41)33-24-23-20(9-13-32-25(23)38)37(34-24)29(10-12-31)11-14-35(17-22(29)30)26(39)42-28(4,5)6/h7-9,13,15,22,40-41H,10-11,14,16-17H2,1-6H3,(H,32,38)(H,33,34). The molecule has 2 unspecified atom stereocenters. The Kier molecular flexibility index (Phi) is 7.53. The summed E-state index contributed by atoms with van der Waals surface area (Å²) in [6, 6.07) is 8.79. The zero-order chi connectivity index (χ0) is 31.5. The van der Waals surface area contributed by atoms with Crippen LogP contribution in [-0.2, 0) is 16.8 Å². The van der Waals surface area contributed by atoms with E-state index >= 15 is 4.39 Å². The Labute approximate surface area is 250 Å². The number of aromatic amines is 1. The zero-order valence-corrected chi connectivity index (χ0v) is 26.0. The van der Waals surface area contributed by atoms with Crippen molar-refractivity contribution in [1.82, 2.24) is 24.0 Å². The largest absolute Gasteiger partial charge is 0.444 e. The predicted octanol–water partition coefficient (Wildman–Crippen LogP) is 5.69. The molecule has 232 valence electrons. The van der Waals surface area contributed by atoms with Crippen LogP contribution in [0.5, 0.6) is 0 Å². The molecule has 14 heteroatoms. The van der Waals surface area contributed by atoms with Gasteiger partial charge in [-0.2, -0.15) is 14.7 Å². The molecule has 0 bridgehead atoms. The molecule has 12 nitrogen and oxygen atoms in total. The van der Waals surface area contributed by atoms with Gasteiger partial charge in [0, 0.05) is 30.5 Å². The molecule has 0 radical (unpaired) electrons. The number of halogens is 1. The second kappa shape index (κ2) is 10.5. The number of hydrogen-bond donors (Lipinski definition) is 4. The molecule has 1 amide bonds. The van der Waals surface area contributed by atoms with Crippen molar-refractivity contribution in [3.8, 4) is 6.07 Å². The quantitative estimate of drug-likeness (QED) is 0.289. The molecule has 2 aromatic heterocycles. The first-order valence-electron chi connectivity index (χ1n) is 14.0. The van der Waals surface area contributed by atoms with Gasteiger partial charge in [0.2, 0.25) is 0 Å². The summed E-state index contributed by atoms with van der Waals surface area (Å²) in [6.07, 6.45) is -1.04. The normalized spacial score (nSPS) is 23.1. The third kappa shape index (κ3) is 5.46. The Bertz CT molecular complexity index is 1670. The number of nitriles is 1. The van der Waals surface area contributed by atoms with Crippen LogP contribution in [-0.4, -0.2) is 69.6 Å². The molecule has 1 saturated heterocycles. The van der Waals surface area contributed by atoms with Gasteiger partial charge < -0.3 is 19.9 Å². The van der Waals surface area contributed by atoms with Crippen molar-refractivity contribution in [2.24, 2.45) is 0 Å². The minimum Gasteiger partial charge on any atom is -0.444 e. The number of nitrogens with one attached hydrogen (secondary N) is 2. The number of hydrogen-bond acceptors (Lipinski definition) is 9. The van der Waals surface area contributed by atoms with Gasteiger partial charge in [-0.15, -0.1) is 10.8 Å². The van der Waals surface area contributed by atoms with Crippen molar-refractivity contribution in [3.05, 3.63) is 46.4 Å². The van der Waals surface area contributed by atoms with Gasteiger partial charge in [0.25, 0.3) is 5.56 Å². The summed E-state index contributed by atoms with van der Waals surface area (Å²) in [5.41, 5.74) is -1.53. The summed E-state index contributed by atoms with van der Waals surface area (Å²) >= 11 is 0. The predicted molar refractivity (Wildman–Crippen MR) is 162 cm³/mol. The van der Waals surface area contributed by atoms with Crippen LogP contribution in [0, 0.1) is 11.3 Å². The molecule has 0 aliphatic carbocycles. The Hall–Kier alpha value is -3.64. The van der Waals surface area contributed by atoms with E-state index in [1.165, 1.54) is 15.8 Å². The Morgan fingerprint density at radius 1 is 1.28 bits per heavy atom. The van der Waals surface area contributed by atoms with Crippen LogP contribution in [0.2, 0.25) is 0 Å². The molecular formula is C29H38FN7O5S. The number of likely N-dealkylation sites (tertiary alicyclic amines) is 1. The van der Waals surface area contributed by atoms with Crippen LogP contribution in [0.4, 0.5) is 20.7 Å². The summed E-state index contributed by atoms with van der Waals surface area (Å²) < 4.78 is 46.6. The van der Waals surface area contributed by atoms with Crippen LogP contribution >= 0.6 is 10.8 Å². The summed E-state index contributed by atoms with van der Waals surface area (Å²) in [5.74, 6) is 0.160. The number of aromatic nitrogens is 3. The van der Waals surface area contributed by atoms with Crippen LogP contribution in [0.25, 0.3) is 10.9 Å². The fourth-order valence-electron chi connectivity index (χ4n) is 5.75. The Morgan fingerprint density at radius 2 is 2.00 bits per heavy atom. The molecule has 1 fully saturated rings. The van der Waals surface area contributed by atoms with E-state index in [1.807, 2.05) is 20.8 Å². The second-order valence-electron chi connectivity index (χ2n) is 13.1. The summed E-state index contributed by atoms with van der Waals surface area (Å²) in [7, 11) is -3.17. The number of piperidine rings is 1. The Morgan fingerprint density at radius 3 is 2.63 bits per heavy atom. The van der Waals surface area contributed by atoms with E-state index in [2.05, 4.69) is 21.5 Å². The van der Waals surface area contributed by atoms with E-state index in [-0.39, 0.29) is 37.1 Å². The number of nitrogens with zero attached hydrogens (tertiary/aromatic N) is 5. The van der Waals surface area contributed by atoms with Gasteiger partial charge in [0.15, 0.2) is 5.82 Å². The molecule has 1 aromatic carbocycles. The van der Waals surface area contributed by atoms with E-state index in [0.29, 0.717) is 22.6 Å². The maximum atomic E-state index is 16.2. The van der Waals surface area contributed by atoms with Crippen molar-refractivity contribution in [3.63, 3.8) is 0 Å². The molecule has 0 saturated carbocycles. The highest BCUT2D eigenvalue weighted by Crippen LogP contribution is 2.61. The van der Waals surface area contributed by atoms with Gasteiger partial charge in [-0.1, -0.05) is 0 Å². The first-order valence-corrected chi connectivity index (χ1v) is 15.5. The third-order valence-electron chi connectivity index (χ3n) is 7.83. The molecule has 4 N–H and O–H groups in total. The second-order valence-corrected chi connectivity index (χ2v) is 15.0. The number of anilines is 2. The fraction of sp³-hybridized carbons (Fsp3) is 0.517. The number of carbonyl (C=O) groups excluding carboxylic acids is 1. The Balaban J connectivity index is 1.52. The fourth-order valence-corrected chi connectivity index (χ4v) is 7.80. The van der Waals surface area contributed by atoms with Gasteiger partial charge in [-0.05, 0) is 77.8 Å². The first-order chi connectivity index (χ1) is 20.0. The minimum atomic E-state index is -3.17. The number of amides is 1. The van der Waals surface area contributed by atoms with E-state index in [4.69, 9.17) is 4.74 Å². The highest BCUT2D eigenvalue weighted by atomic mass is 32.3. The highest BCUT2D eigenvalue weighted by Gasteiger charge is 2.49. The number of ether oxygens (including phenoxy) is 1. The van der Waals surface area contributed by atoms with E-state index in [9.17, 15) is 24.0 Å². The van der Waals surface area contributed by atoms with Crippen molar-refractivity contribution in [1.29, 1.82) is 5.26 Å². The number of fused-ring (bicyclic) bond motifs is 2. The molecular weight excluding hydrogens is 577 g/mol. The minimum absolute atomic E-state index is 0.0727. The van der Waals surface area contributed by atoms with Gasteiger partial charge >= 0.3 is 6.09 Å². The smallest absolute Gasteiger partial charge is 0.410 e. The molecule has 2 aliphatic rings. The molecule has 2 atom stereocenters. The monoisotopic (exact) mass is 615 g/mol. The van der Waals surface area contributed by atoms with Gasteiger partial charge in [0.05, 0.1) is 29.4 Å². The lowest BCUT2D eigenvalue weighted by Gasteiger charge is -2.44. The number of pyridine rings is 1. The average Bonchev–Trinajstić information content (AvgIpc) is 3.39. The molecule has 4 heterocycles. The average molecular weight is 616 g/mol. The van der Waals surface area contributed by atoms with Crippen LogP contribution in [0.3, 0.4) is 0 Å². The number of carbonyl (C=O) groups is 1. The van der Waals surface area contributed by atoms with Crippen LogP contribution < -0.4 is 10.9 Å². The van der Waals surface area contributed by atoms with Crippen molar-refractivity contribution >= 4 is 39.3 Å². The molecule has 5 rings (SSSR count). The number of rotatable bonds is 4. The number of H-pyrrole nitrogens is 1. The summed E-state index contributed by atoms with van der Waals surface area (Å²) in [4.78, 5) is 30.1. The van der Waals surface area contributed by atoms with Gasteiger partial charge in [0.1, 0.15) is 22.7 Å². The SMILES string of the molecule is CC(C)(C)OC(=O)N1CCC(CC#N)(n2nc(Nc3ccc4c(c3)CN(C(C)(C)C)S4(O)O)c3c(=O)[nH]ccc32)C(F)C1. The lowest BCUT2D eigenvalue weighted by molar-refractivity contribution is -0.0166. The lowest BCUT2D eigenvalue weighted by Crippen LogP contribution is -2.56. The van der Waals surface area contributed by atoms with Gasteiger partial charge in [-0.3, -0.25) is 18.6 Å². The first kappa shape index (κ1) is 30.8. The van der Waals surface area contributed by atoms with Crippen molar-refractivity contribution in [2.45, 2.75) is 88.7 Å². The van der Waals surface area contributed by atoms with Crippen molar-refractivity contribution in [2.75, 3.05) is 18.4 Å². The molecule has 0 spiro atoms. The lowest BCUT2D eigenvalue weighted by atomic mass is 9.83. The molecule has 43 heavy (non-hydrogen) atoms. The van der Waals surface area contributed by atoms with E-state index < -0.39 is 45.3 Å². The number of benzene rings is 1. The third-order valence-corrected chi connectivity index (χ3v) is 10.1. The molecule has 3 aromatic rings. The summed E-state index contributed by atoms with van der Waals surface area (Å²) in [6.45, 7) is 11.1. The maximum Gasteiger partial charge on any atom is 0.410 e. The maximum absolute atomic E-state index is 16.2. The van der Waals surface area contributed by atoms with E-state index in [1.54, 1.807) is 49.3 Å². The van der Waals surface area contributed by atoms with Gasteiger partial charge in [-0.25, -0.2) is 9.18 Å². The highest BCUT2D eigenvalue weighted by molar-refractivity contribution is 8.22. The van der Waals surface area contributed by atoms with Crippen LogP contribution in [0.1, 0.15) is 59.9 Å². The summed E-state index contributed by atoms with van der Waals surface area (Å²) in [5, 5.41) is 17.8. The zero-order valence-electron chi connectivity index (χ0n) is 25.1. The van der Waals surface area contributed by atoms with Crippen molar-refractivity contribution < 1.29 is 23.0 Å². The topological polar surface area (TPSA) is 160 Å². The van der Waals surface area contributed by atoms with E-state index in [0.717, 1.165) is 5.56 Å². The van der Waals surface area contributed by atoms with Crippen LogP contribution in [0.15, 0.2) is 40.2 Å². The molecule has 2 aliphatic heterocycles. The number of alkyl halides is 1.